The number of benzene rings is 1. The number of hydrogen-bond acceptors (Lipinski definition) is 3. The molecule has 1 saturated heterocycles. The molecule has 1 aromatic rings. The van der Waals surface area contributed by atoms with Crippen LogP contribution >= 0.6 is 0 Å². The predicted molar refractivity (Wildman–Crippen MR) is 56.0 cm³/mol. The van der Waals surface area contributed by atoms with Crippen molar-refractivity contribution in [3.63, 3.8) is 0 Å². The number of carboxylic acid groups (broad SMARTS) is 1. The van der Waals surface area contributed by atoms with Crippen molar-refractivity contribution in [1.29, 1.82) is 0 Å². The lowest BCUT2D eigenvalue weighted by atomic mass is 10.2. The second kappa shape index (κ2) is 4.31. The van der Waals surface area contributed by atoms with Crippen LogP contribution in [0, 0.1) is 0 Å². The van der Waals surface area contributed by atoms with Crippen molar-refractivity contribution in [3.8, 4) is 0 Å². The first-order chi connectivity index (χ1) is 7.27. The summed E-state index contributed by atoms with van der Waals surface area (Å²) in [6, 6.07) is 9.76. The van der Waals surface area contributed by atoms with Crippen LogP contribution in [0.4, 0.5) is 5.69 Å². The quantitative estimate of drug-likeness (QED) is 0.799. The maximum Gasteiger partial charge on any atom is 0.323 e. The molecule has 1 fully saturated rings. The molecule has 4 nitrogen and oxygen atoms in total. The lowest BCUT2D eigenvalue weighted by Crippen LogP contribution is -2.51. The molecular weight excluding hydrogens is 194 g/mol. The maximum atomic E-state index is 10.7. The van der Waals surface area contributed by atoms with Crippen molar-refractivity contribution in [2.24, 2.45) is 0 Å². The Hall–Kier alpha value is -1.55. The molecule has 15 heavy (non-hydrogen) atoms. The number of carbonyl (C=O) groups is 1. The molecule has 1 N–H and O–H groups in total. The van der Waals surface area contributed by atoms with Crippen LogP contribution in [-0.4, -0.2) is 36.9 Å². The number of carboxylic acids is 1. The third-order valence-electron chi connectivity index (χ3n) is 2.45. The molecular formula is C11H13NO3. The third kappa shape index (κ3) is 2.27. The zero-order valence-electron chi connectivity index (χ0n) is 8.30. The Morgan fingerprint density at radius 1 is 1.40 bits per heavy atom. The summed E-state index contributed by atoms with van der Waals surface area (Å²) in [5.41, 5.74) is 0.938. The summed E-state index contributed by atoms with van der Waals surface area (Å²) in [6.45, 7) is 1.25. The van der Waals surface area contributed by atoms with Gasteiger partial charge in [0, 0.05) is 5.69 Å². The standard InChI is InChI=1S/C11H13NO3/c13-11(14)6-12(10-7-15-8-10)9-4-2-1-3-5-9/h1-5,10H,6-8H2,(H,13,14). The Bertz CT molecular complexity index is 335. The number of hydrogen-bond donors (Lipinski definition) is 1. The molecule has 0 atom stereocenters. The summed E-state index contributed by atoms with van der Waals surface area (Å²) in [5, 5.41) is 8.83. The average Bonchev–Trinajstić information content (AvgIpc) is 2.15. The van der Waals surface area contributed by atoms with E-state index in [0.29, 0.717) is 13.2 Å². The van der Waals surface area contributed by atoms with Crippen LogP contribution in [0.1, 0.15) is 0 Å². The fourth-order valence-corrected chi connectivity index (χ4v) is 1.60. The van der Waals surface area contributed by atoms with Crippen LogP contribution in [0.3, 0.4) is 0 Å². The fourth-order valence-electron chi connectivity index (χ4n) is 1.60. The number of aliphatic carboxylic acids is 1. The molecule has 0 unspecified atom stereocenters. The number of rotatable bonds is 4. The molecule has 2 rings (SSSR count). The summed E-state index contributed by atoms with van der Waals surface area (Å²) in [5.74, 6) is -0.814. The summed E-state index contributed by atoms with van der Waals surface area (Å²) in [7, 11) is 0. The number of para-hydroxylation sites is 1. The van der Waals surface area contributed by atoms with Crippen LogP contribution in [0.15, 0.2) is 30.3 Å². The van der Waals surface area contributed by atoms with E-state index in [1.807, 2.05) is 35.2 Å². The molecule has 0 radical (unpaired) electrons. The van der Waals surface area contributed by atoms with E-state index >= 15 is 0 Å². The minimum Gasteiger partial charge on any atom is -0.480 e. The zero-order valence-corrected chi connectivity index (χ0v) is 8.30. The Morgan fingerprint density at radius 3 is 2.53 bits per heavy atom. The highest BCUT2D eigenvalue weighted by Gasteiger charge is 2.27. The van der Waals surface area contributed by atoms with Crippen LogP contribution < -0.4 is 4.90 Å². The van der Waals surface area contributed by atoms with Gasteiger partial charge in [0.2, 0.25) is 0 Å². The van der Waals surface area contributed by atoms with E-state index in [0.717, 1.165) is 5.69 Å². The normalized spacial score (nSPS) is 15.7. The third-order valence-corrected chi connectivity index (χ3v) is 2.45. The van der Waals surface area contributed by atoms with Crippen molar-refractivity contribution in [2.75, 3.05) is 24.7 Å². The van der Waals surface area contributed by atoms with Crippen molar-refractivity contribution in [3.05, 3.63) is 30.3 Å². The van der Waals surface area contributed by atoms with Gasteiger partial charge in [-0.05, 0) is 12.1 Å². The van der Waals surface area contributed by atoms with Crippen molar-refractivity contribution >= 4 is 11.7 Å². The van der Waals surface area contributed by atoms with E-state index < -0.39 is 5.97 Å². The van der Waals surface area contributed by atoms with Crippen LogP contribution in [0.2, 0.25) is 0 Å². The highest BCUT2D eigenvalue weighted by Crippen LogP contribution is 2.20. The average molecular weight is 207 g/mol. The SMILES string of the molecule is O=C(O)CN(c1ccccc1)C1COC1. The predicted octanol–water partition coefficient (Wildman–Crippen LogP) is 0.976. The largest absolute Gasteiger partial charge is 0.480 e. The maximum absolute atomic E-state index is 10.7. The summed E-state index contributed by atoms with van der Waals surface area (Å²) >= 11 is 0. The Kier molecular flexibility index (Phi) is 2.87. The van der Waals surface area contributed by atoms with Crippen molar-refractivity contribution in [2.45, 2.75) is 6.04 Å². The highest BCUT2D eigenvalue weighted by molar-refractivity contribution is 5.74. The molecule has 0 bridgehead atoms. The Labute approximate surface area is 88.1 Å². The van der Waals surface area contributed by atoms with Gasteiger partial charge < -0.3 is 14.7 Å². The minimum absolute atomic E-state index is 0.0258. The van der Waals surface area contributed by atoms with Gasteiger partial charge in [-0.3, -0.25) is 4.79 Å². The topological polar surface area (TPSA) is 49.8 Å². The van der Waals surface area contributed by atoms with Crippen molar-refractivity contribution in [1.82, 2.24) is 0 Å². The molecule has 0 saturated carbocycles. The minimum atomic E-state index is -0.814. The van der Waals surface area contributed by atoms with E-state index in [2.05, 4.69) is 0 Å². The molecule has 0 aliphatic carbocycles. The van der Waals surface area contributed by atoms with E-state index in [4.69, 9.17) is 9.84 Å². The van der Waals surface area contributed by atoms with E-state index in [-0.39, 0.29) is 12.6 Å². The molecule has 1 aliphatic rings. The first kappa shape index (κ1) is 9.98. The van der Waals surface area contributed by atoms with Crippen molar-refractivity contribution < 1.29 is 14.6 Å². The lowest BCUT2D eigenvalue weighted by Gasteiger charge is -2.37. The molecule has 1 aliphatic heterocycles. The van der Waals surface area contributed by atoms with Gasteiger partial charge in [-0.25, -0.2) is 0 Å². The smallest absolute Gasteiger partial charge is 0.323 e. The van der Waals surface area contributed by atoms with Gasteiger partial charge in [-0.15, -0.1) is 0 Å². The van der Waals surface area contributed by atoms with Crippen LogP contribution in [0.5, 0.6) is 0 Å². The second-order valence-corrected chi connectivity index (χ2v) is 3.55. The van der Waals surface area contributed by atoms with Crippen LogP contribution in [-0.2, 0) is 9.53 Å². The molecule has 4 heteroatoms. The number of ether oxygens (including phenoxy) is 1. The second-order valence-electron chi connectivity index (χ2n) is 3.55. The molecule has 1 heterocycles. The van der Waals surface area contributed by atoms with Gasteiger partial charge in [0.25, 0.3) is 0 Å². The first-order valence-corrected chi connectivity index (χ1v) is 4.88. The summed E-state index contributed by atoms with van der Waals surface area (Å²) in [6.07, 6.45) is 0. The van der Waals surface area contributed by atoms with Gasteiger partial charge in [0.15, 0.2) is 0 Å². The molecule has 0 amide bonds. The number of anilines is 1. The summed E-state index contributed by atoms with van der Waals surface area (Å²) in [4.78, 5) is 12.6. The van der Waals surface area contributed by atoms with Gasteiger partial charge in [-0.1, -0.05) is 18.2 Å². The number of nitrogens with zero attached hydrogens (tertiary/aromatic N) is 1. The Morgan fingerprint density at radius 2 is 2.07 bits per heavy atom. The molecule has 80 valence electrons. The fraction of sp³-hybridized carbons (Fsp3) is 0.364. The lowest BCUT2D eigenvalue weighted by molar-refractivity contribution is -0.135. The summed E-state index contributed by atoms with van der Waals surface area (Å²) < 4.78 is 5.08. The zero-order chi connectivity index (χ0) is 10.7. The van der Waals surface area contributed by atoms with E-state index in [1.54, 1.807) is 0 Å². The monoisotopic (exact) mass is 207 g/mol. The Balaban J connectivity index is 2.14. The van der Waals surface area contributed by atoms with Gasteiger partial charge >= 0.3 is 5.97 Å². The van der Waals surface area contributed by atoms with E-state index in [9.17, 15) is 4.79 Å². The molecule has 0 spiro atoms. The van der Waals surface area contributed by atoms with Crippen LogP contribution in [0.25, 0.3) is 0 Å². The first-order valence-electron chi connectivity index (χ1n) is 4.88. The van der Waals surface area contributed by atoms with E-state index in [1.165, 1.54) is 0 Å². The van der Waals surface area contributed by atoms with Gasteiger partial charge in [0.1, 0.15) is 6.54 Å². The van der Waals surface area contributed by atoms with Gasteiger partial charge in [0.05, 0.1) is 19.3 Å². The van der Waals surface area contributed by atoms with Gasteiger partial charge in [-0.2, -0.15) is 0 Å². The molecule has 0 aromatic heterocycles. The molecule has 1 aromatic carbocycles. The highest BCUT2D eigenvalue weighted by atomic mass is 16.5.